The summed E-state index contributed by atoms with van der Waals surface area (Å²) in [6.45, 7) is 6.53. The number of benzene rings is 1. The summed E-state index contributed by atoms with van der Waals surface area (Å²) in [6.07, 6.45) is 3.78. The molecule has 0 spiro atoms. The molecule has 0 saturated heterocycles. The average Bonchev–Trinajstić information content (AvgIpc) is 2.91. The van der Waals surface area contributed by atoms with Crippen molar-refractivity contribution in [3.63, 3.8) is 0 Å². The second kappa shape index (κ2) is 6.95. The van der Waals surface area contributed by atoms with Crippen molar-refractivity contribution >= 4 is 0 Å². The van der Waals surface area contributed by atoms with Crippen molar-refractivity contribution in [2.24, 2.45) is 0 Å². The van der Waals surface area contributed by atoms with Gasteiger partial charge in [0.05, 0.1) is 13.2 Å². The van der Waals surface area contributed by atoms with Gasteiger partial charge in [0.25, 0.3) is 0 Å². The molecule has 1 heterocycles. The minimum atomic E-state index is 0.356. The maximum atomic E-state index is 5.62. The van der Waals surface area contributed by atoms with Gasteiger partial charge in [0, 0.05) is 30.5 Å². The molecular weight excluding hydrogens is 238 g/mol. The molecule has 19 heavy (non-hydrogen) atoms. The Morgan fingerprint density at radius 2 is 2.16 bits per heavy atom. The molecule has 0 aliphatic carbocycles. The van der Waals surface area contributed by atoms with Crippen LogP contribution in [0.4, 0.5) is 0 Å². The smallest absolute Gasteiger partial charge is 0.123 e. The third-order valence-corrected chi connectivity index (χ3v) is 2.93. The molecule has 2 rings (SSSR count). The molecule has 1 atom stereocenters. The molecular formula is C15H21N3O. The van der Waals surface area contributed by atoms with Gasteiger partial charge in [-0.25, -0.2) is 0 Å². The monoisotopic (exact) mass is 259 g/mol. The predicted molar refractivity (Wildman–Crippen MR) is 76.1 cm³/mol. The van der Waals surface area contributed by atoms with Gasteiger partial charge in [-0.3, -0.25) is 4.68 Å². The van der Waals surface area contributed by atoms with Crippen LogP contribution in [0.3, 0.4) is 0 Å². The van der Waals surface area contributed by atoms with Crippen LogP contribution in [0.25, 0.3) is 0 Å². The first-order valence-electron chi connectivity index (χ1n) is 6.71. The Kier molecular flexibility index (Phi) is 4.98. The summed E-state index contributed by atoms with van der Waals surface area (Å²) in [4.78, 5) is 0. The lowest BCUT2D eigenvalue weighted by Gasteiger charge is -2.16. The van der Waals surface area contributed by atoms with Gasteiger partial charge >= 0.3 is 0 Å². The molecule has 0 amide bonds. The molecule has 4 nitrogen and oxygen atoms in total. The zero-order valence-electron chi connectivity index (χ0n) is 11.5. The van der Waals surface area contributed by atoms with E-state index in [9.17, 15) is 0 Å². The van der Waals surface area contributed by atoms with Gasteiger partial charge < -0.3 is 10.1 Å². The van der Waals surface area contributed by atoms with E-state index in [0.717, 1.165) is 18.8 Å². The van der Waals surface area contributed by atoms with Crippen LogP contribution in [0, 0.1) is 0 Å². The first-order chi connectivity index (χ1) is 9.29. The van der Waals surface area contributed by atoms with E-state index < -0.39 is 0 Å². The van der Waals surface area contributed by atoms with Crippen LogP contribution in [0.5, 0.6) is 5.75 Å². The number of nitrogens with zero attached hydrogens (tertiary/aromatic N) is 2. The van der Waals surface area contributed by atoms with Gasteiger partial charge in [0.2, 0.25) is 0 Å². The summed E-state index contributed by atoms with van der Waals surface area (Å²) in [5, 5.41) is 7.71. The summed E-state index contributed by atoms with van der Waals surface area (Å²) in [6, 6.07) is 10.4. The van der Waals surface area contributed by atoms with E-state index in [1.807, 2.05) is 42.1 Å². The highest BCUT2D eigenvalue weighted by Crippen LogP contribution is 2.17. The molecule has 0 saturated carbocycles. The predicted octanol–water partition coefficient (Wildman–Crippen LogP) is 2.46. The quantitative estimate of drug-likeness (QED) is 0.830. The van der Waals surface area contributed by atoms with Crippen LogP contribution in [0.15, 0.2) is 42.7 Å². The van der Waals surface area contributed by atoms with Gasteiger partial charge in [-0.2, -0.15) is 5.10 Å². The number of hydrogen-bond donors (Lipinski definition) is 1. The van der Waals surface area contributed by atoms with Gasteiger partial charge in [0.15, 0.2) is 0 Å². The van der Waals surface area contributed by atoms with Crippen molar-refractivity contribution in [3.05, 3.63) is 48.3 Å². The molecule has 102 valence electrons. The van der Waals surface area contributed by atoms with E-state index in [1.54, 1.807) is 6.20 Å². The van der Waals surface area contributed by atoms with E-state index in [0.29, 0.717) is 12.6 Å². The maximum absolute atomic E-state index is 5.62. The van der Waals surface area contributed by atoms with Gasteiger partial charge in [-0.15, -0.1) is 0 Å². The molecule has 0 aliphatic rings. The number of para-hydroxylation sites is 1. The highest BCUT2D eigenvalue weighted by atomic mass is 16.5. The molecule has 1 aromatic heterocycles. The Hall–Kier alpha value is -1.81. The molecule has 1 aromatic carbocycles. The van der Waals surface area contributed by atoms with Crippen LogP contribution in [0.1, 0.15) is 19.4 Å². The van der Waals surface area contributed by atoms with E-state index in [2.05, 4.69) is 23.4 Å². The topological polar surface area (TPSA) is 39.1 Å². The fraction of sp³-hybridized carbons (Fsp3) is 0.400. The van der Waals surface area contributed by atoms with E-state index in [4.69, 9.17) is 4.74 Å². The second-order valence-electron chi connectivity index (χ2n) is 4.55. The molecule has 0 fully saturated rings. The molecule has 1 N–H and O–H groups in total. The van der Waals surface area contributed by atoms with Crippen molar-refractivity contribution in [2.75, 3.05) is 6.61 Å². The lowest BCUT2D eigenvalue weighted by atomic mass is 10.2. The maximum Gasteiger partial charge on any atom is 0.123 e. The third-order valence-electron chi connectivity index (χ3n) is 2.93. The van der Waals surface area contributed by atoms with Crippen LogP contribution in [-0.4, -0.2) is 22.4 Å². The van der Waals surface area contributed by atoms with Gasteiger partial charge in [0.1, 0.15) is 5.75 Å². The highest BCUT2D eigenvalue weighted by molar-refractivity contribution is 5.33. The minimum absolute atomic E-state index is 0.356. The second-order valence-corrected chi connectivity index (χ2v) is 4.55. The molecule has 0 aliphatic heterocycles. The summed E-state index contributed by atoms with van der Waals surface area (Å²) < 4.78 is 7.55. The molecule has 2 aromatic rings. The zero-order valence-corrected chi connectivity index (χ0v) is 11.5. The normalized spacial score (nSPS) is 12.3. The van der Waals surface area contributed by atoms with Crippen molar-refractivity contribution in [3.8, 4) is 5.75 Å². The van der Waals surface area contributed by atoms with Crippen molar-refractivity contribution in [1.29, 1.82) is 0 Å². The van der Waals surface area contributed by atoms with Crippen molar-refractivity contribution in [1.82, 2.24) is 15.1 Å². The SMILES string of the molecule is CCOc1ccccc1CNC(C)Cn1cccn1. The van der Waals surface area contributed by atoms with E-state index >= 15 is 0 Å². The Balaban J connectivity index is 1.87. The van der Waals surface area contributed by atoms with E-state index in [1.165, 1.54) is 5.56 Å². The Morgan fingerprint density at radius 1 is 1.32 bits per heavy atom. The van der Waals surface area contributed by atoms with Crippen molar-refractivity contribution < 1.29 is 4.74 Å². The Morgan fingerprint density at radius 3 is 2.89 bits per heavy atom. The van der Waals surface area contributed by atoms with Crippen LogP contribution in [0.2, 0.25) is 0 Å². The minimum Gasteiger partial charge on any atom is -0.494 e. The van der Waals surface area contributed by atoms with Gasteiger partial charge in [-0.05, 0) is 26.0 Å². The average molecular weight is 259 g/mol. The Labute approximate surface area is 114 Å². The molecule has 0 radical (unpaired) electrons. The lowest BCUT2D eigenvalue weighted by Crippen LogP contribution is -2.30. The number of hydrogen-bond acceptors (Lipinski definition) is 3. The highest BCUT2D eigenvalue weighted by Gasteiger charge is 2.06. The largest absolute Gasteiger partial charge is 0.494 e. The fourth-order valence-electron chi connectivity index (χ4n) is 1.98. The van der Waals surface area contributed by atoms with Gasteiger partial charge in [-0.1, -0.05) is 18.2 Å². The van der Waals surface area contributed by atoms with Crippen LogP contribution >= 0.6 is 0 Å². The lowest BCUT2D eigenvalue weighted by molar-refractivity contribution is 0.334. The first-order valence-corrected chi connectivity index (χ1v) is 6.71. The third kappa shape index (κ3) is 4.10. The van der Waals surface area contributed by atoms with Crippen LogP contribution in [-0.2, 0) is 13.1 Å². The number of ether oxygens (including phenoxy) is 1. The van der Waals surface area contributed by atoms with E-state index in [-0.39, 0.29) is 0 Å². The van der Waals surface area contributed by atoms with Crippen molar-refractivity contribution in [2.45, 2.75) is 33.0 Å². The Bertz CT molecular complexity index is 482. The molecule has 0 bridgehead atoms. The standard InChI is InChI=1S/C15H21N3O/c1-3-19-15-8-5-4-7-14(15)11-16-13(2)12-18-10-6-9-17-18/h4-10,13,16H,3,11-12H2,1-2H3. The summed E-state index contributed by atoms with van der Waals surface area (Å²) >= 11 is 0. The summed E-state index contributed by atoms with van der Waals surface area (Å²) in [7, 11) is 0. The zero-order chi connectivity index (χ0) is 13.5. The molecule has 4 heteroatoms. The fourth-order valence-corrected chi connectivity index (χ4v) is 1.98. The number of aromatic nitrogens is 2. The first kappa shape index (κ1) is 13.6. The molecule has 1 unspecified atom stereocenters. The summed E-state index contributed by atoms with van der Waals surface area (Å²) in [5.74, 6) is 0.962. The number of nitrogens with one attached hydrogen (secondary N) is 1. The number of rotatable bonds is 7. The van der Waals surface area contributed by atoms with Crippen LogP contribution < -0.4 is 10.1 Å². The summed E-state index contributed by atoms with van der Waals surface area (Å²) in [5.41, 5.74) is 1.19.